The standard InChI is InChI=1S/C20H22N4O2S3/c1-24-8-7-14-15(10-24)29-19-17(14)18(22-20(23-19)27-3)28-11-16(25)21-12-5-4-6-13(9-12)26-2/h4-6,9H,7-8,10-11H2,1-3H3,(H,21,25)/p+1. The molecule has 0 saturated carbocycles. The molecule has 2 aromatic heterocycles. The van der Waals surface area contributed by atoms with E-state index in [9.17, 15) is 4.79 Å². The van der Waals surface area contributed by atoms with E-state index in [-0.39, 0.29) is 5.91 Å². The zero-order valence-corrected chi connectivity index (χ0v) is 19.0. The monoisotopic (exact) mass is 447 g/mol. The van der Waals surface area contributed by atoms with Crippen molar-refractivity contribution in [2.24, 2.45) is 0 Å². The van der Waals surface area contributed by atoms with Gasteiger partial charge in [0.1, 0.15) is 22.2 Å². The summed E-state index contributed by atoms with van der Waals surface area (Å²) in [6, 6.07) is 7.38. The van der Waals surface area contributed by atoms with Gasteiger partial charge < -0.3 is 15.0 Å². The van der Waals surface area contributed by atoms with Crippen LogP contribution in [0.1, 0.15) is 10.4 Å². The number of nitrogens with zero attached hydrogens (tertiary/aromatic N) is 2. The SMILES string of the molecule is COc1cccc(NC(=O)CSc2nc(SC)nc3sc4c(c23)CC[NH+](C)C4)c1. The number of hydrogen-bond donors (Lipinski definition) is 2. The first-order valence-corrected chi connectivity index (χ1v) is 12.3. The van der Waals surface area contributed by atoms with E-state index in [4.69, 9.17) is 14.7 Å². The second kappa shape index (κ2) is 8.91. The molecular formula is C20H23N4O2S3+. The van der Waals surface area contributed by atoms with Gasteiger partial charge in [-0.15, -0.1) is 11.3 Å². The topological polar surface area (TPSA) is 68.5 Å². The lowest BCUT2D eigenvalue weighted by Gasteiger charge is -2.19. The Labute approximate surface area is 182 Å². The van der Waals surface area contributed by atoms with Crippen molar-refractivity contribution < 1.29 is 14.4 Å². The number of likely N-dealkylation sites (N-methyl/N-ethyl adjacent to an activating group) is 1. The highest BCUT2D eigenvalue weighted by Crippen LogP contribution is 2.38. The van der Waals surface area contributed by atoms with Gasteiger partial charge in [-0.1, -0.05) is 29.6 Å². The maximum absolute atomic E-state index is 12.5. The number of anilines is 1. The molecule has 152 valence electrons. The largest absolute Gasteiger partial charge is 0.497 e. The van der Waals surface area contributed by atoms with E-state index in [0.29, 0.717) is 5.75 Å². The minimum absolute atomic E-state index is 0.0611. The summed E-state index contributed by atoms with van der Waals surface area (Å²) in [7, 11) is 3.84. The van der Waals surface area contributed by atoms with Crippen molar-refractivity contribution in [2.75, 3.05) is 38.0 Å². The van der Waals surface area contributed by atoms with Crippen molar-refractivity contribution in [3.8, 4) is 5.75 Å². The minimum atomic E-state index is -0.0611. The first kappa shape index (κ1) is 20.5. The Hall–Kier alpha value is -1.81. The molecule has 0 spiro atoms. The van der Waals surface area contributed by atoms with Gasteiger partial charge in [0.25, 0.3) is 0 Å². The van der Waals surface area contributed by atoms with E-state index in [2.05, 4.69) is 12.4 Å². The van der Waals surface area contributed by atoms with Gasteiger partial charge in [-0.3, -0.25) is 4.79 Å². The number of thiophene rings is 1. The number of nitrogens with one attached hydrogen (secondary N) is 2. The molecule has 2 N–H and O–H groups in total. The second-order valence-corrected chi connectivity index (χ2v) is 9.72. The summed E-state index contributed by atoms with van der Waals surface area (Å²) in [6.45, 7) is 2.15. The van der Waals surface area contributed by atoms with Crippen molar-refractivity contribution in [3.63, 3.8) is 0 Å². The molecule has 0 saturated heterocycles. The van der Waals surface area contributed by atoms with Gasteiger partial charge >= 0.3 is 0 Å². The van der Waals surface area contributed by atoms with Crippen LogP contribution in [0.5, 0.6) is 5.75 Å². The lowest BCUT2D eigenvalue weighted by molar-refractivity contribution is -0.895. The molecule has 3 heterocycles. The highest BCUT2D eigenvalue weighted by molar-refractivity contribution is 8.00. The Morgan fingerprint density at radius 2 is 2.24 bits per heavy atom. The number of fused-ring (bicyclic) bond motifs is 3. The summed E-state index contributed by atoms with van der Waals surface area (Å²) < 4.78 is 5.21. The van der Waals surface area contributed by atoms with Gasteiger partial charge in [0.05, 0.1) is 31.3 Å². The van der Waals surface area contributed by atoms with Gasteiger partial charge in [-0.05, 0) is 24.0 Å². The highest BCUT2D eigenvalue weighted by atomic mass is 32.2. The fraction of sp³-hybridized carbons (Fsp3) is 0.350. The molecule has 0 bridgehead atoms. The van der Waals surface area contributed by atoms with Crippen LogP contribution in [0.15, 0.2) is 34.4 Å². The maximum Gasteiger partial charge on any atom is 0.234 e. The number of carbonyl (C=O) groups excluding carboxylic acids is 1. The number of amides is 1. The predicted molar refractivity (Wildman–Crippen MR) is 121 cm³/mol. The van der Waals surface area contributed by atoms with Crippen LogP contribution in [0.2, 0.25) is 0 Å². The number of benzene rings is 1. The summed E-state index contributed by atoms with van der Waals surface area (Å²) >= 11 is 4.80. The third kappa shape index (κ3) is 4.53. The molecule has 4 rings (SSSR count). The molecule has 6 nitrogen and oxygen atoms in total. The Kier molecular flexibility index (Phi) is 6.29. The minimum Gasteiger partial charge on any atom is -0.497 e. The summed E-state index contributed by atoms with van der Waals surface area (Å²) in [4.78, 5) is 26.0. The normalized spacial score (nSPS) is 15.9. The number of quaternary nitrogens is 1. The molecule has 0 radical (unpaired) electrons. The van der Waals surface area contributed by atoms with Crippen LogP contribution in [-0.4, -0.2) is 48.6 Å². The second-order valence-electron chi connectivity index (χ2n) is 6.90. The number of hydrogen-bond acceptors (Lipinski definition) is 7. The van der Waals surface area contributed by atoms with E-state index in [1.165, 1.54) is 38.9 Å². The Morgan fingerprint density at radius 1 is 1.38 bits per heavy atom. The molecule has 1 amide bonds. The summed E-state index contributed by atoms with van der Waals surface area (Å²) in [6.07, 6.45) is 3.02. The molecular weight excluding hydrogens is 424 g/mol. The maximum atomic E-state index is 12.5. The molecule has 1 unspecified atom stereocenters. The lowest BCUT2D eigenvalue weighted by Crippen LogP contribution is -3.08. The Morgan fingerprint density at radius 3 is 3.03 bits per heavy atom. The van der Waals surface area contributed by atoms with Crippen molar-refractivity contribution in [1.29, 1.82) is 0 Å². The van der Waals surface area contributed by atoms with Crippen LogP contribution < -0.4 is 15.0 Å². The average molecular weight is 448 g/mol. The Balaban J connectivity index is 1.56. The quantitative estimate of drug-likeness (QED) is 0.344. The number of ether oxygens (including phenoxy) is 1. The van der Waals surface area contributed by atoms with Crippen molar-refractivity contribution in [2.45, 2.75) is 23.1 Å². The number of carbonyl (C=O) groups is 1. The zero-order chi connectivity index (χ0) is 20.4. The molecule has 1 aliphatic heterocycles. The van der Waals surface area contributed by atoms with Gasteiger partial charge in [-0.2, -0.15) is 0 Å². The van der Waals surface area contributed by atoms with Crippen LogP contribution in [0.25, 0.3) is 10.2 Å². The highest BCUT2D eigenvalue weighted by Gasteiger charge is 2.25. The lowest BCUT2D eigenvalue weighted by atomic mass is 10.1. The Bertz CT molecular complexity index is 1050. The van der Waals surface area contributed by atoms with Crippen molar-refractivity contribution in [3.05, 3.63) is 34.7 Å². The van der Waals surface area contributed by atoms with E-state index in [1.54, 1.807) is 18.4 Å². The van der Waals surface area contributed by atoms with Crippen molar-refractivity contribution in [1.82, 2.24) is 9.97 Å². The summed E-state index contributed by atoms with van der Waals surface area (Å²) in [5, 5.41) is 5.76. The molecule has 1 atom stereocenters. The fourth-order valence-electron chi connectivity index (χ4n) is 3.39. The zero-order valence-electron chi connectivity index (χ0n) is 16.6. The number of aromatic nitrogens is 2. The van der Waals surface area contributed by atoms with Gasteiger partial charge in [0.15, 0.2) is 5.16 Å². The summed E-state index contributed by atoms with van der Waals surface area (Å²) in [5.74, 6) is 0.955. The fourth-order valence-corrected chi connectivity index (χ4v) is 6.12. The first-order valence-electron chi connectivity index (χ1n) is 9.31. The smallest absolute Gasteiger partial charge is 0.234 e. The van der Waals surface area contributed by atoms with Crippen LogP contribution in [0, 0.1) is 0 Å². The number of rotatable bonds is 6. The van der Waals surface area contributed by atoms with E-state index < -0.39 is 0 Å². The van der Waals surface area contributed by atoms with Gasteiger partial charge in [0, 0.05) is 23.6 Å². The van der Waals surface area contributed by atoms with Crippen LogP contribution in [0.3, 0.4) is 0 Å². The molecule has 0 aliphatic carbocycles. The summed E-state index contributed by atoms with van der Waals surface area (Å²) in [5.41, 5.74) is 2.10. The first-order chi connectivity index (χ1) is 14.1. The third-order valence-corrected chi connectivity index (χ3v) is 7.47. The van der Waals surface area contributed by atoms with E-state index in [1.807, 2.05) is 30.5 Å². The van der Waals surface area contributed by atoms with Crippen molar-refractivity contribution >= 4 is 56.7 Å². The third-order valence-electron chi connectivity index (χ3n) is 4.82. The van der Waals surface area contributed by atoms with Gasteiger partial charge in [0.2, 0.25) is 5.91 Å². The van der Waals surface area contributed by atoms with E-state index >= 15 is 0 Å². The molecule has 1 aromatic carbocycles. The molecule has 9 heteroatoms. The molecule has 29 heavy (non-hydrogen) atoms. The van der Waals surface area contributed by atoms with E-state index in [0.717, 1.165) is 51.3 Å². The molecule has 1 aliphatic rings. The molecule has 3 aromatic rings. The number of methoxy groups -OCH3 is 1. The van der Waals surface area contributed by atoms with Gasteiger partial charge in [-0.25, -0.2) is 9.97 Å². The molecule has 0 fully saturated rings. The van der Waals surface area contributed by atoms with Crippen LogP contribution in [-0.2, 0) is 17.8 Å². The van der Waals surface area contributed by atoms with Crippen LogP contribution in [0.4, 0.5) is 5.69 Å². The van der Waals surface area contributed by atoms with Crippen LogP contribution >= 0.6 is 34.9 Å². The number of thioether (sulfide) groups is 2. The average Bonchev–Trinajstić information content (AvgIpc) is 3.09. The predicted octanol–water partition coefficient (Wildman–Crippen LogP) is 2.72.